The van der Waals surface area contributed by atoms with Crippen LogP contribution in [0.5, 0.6) is 0 Å². The molecule has 23 heavy (non-hydrogen) atoms. The SMILES string of the molecule is CCCn1c(CC)cc(CC)c1C(=O)c1cccc([N+](=O)[O-])c1. The van der Waals surface area contributed by atoms with E-state index >= 15 is 0 Å². The van der Waals surface area contributed by atoms with Crippen LogP contribution in [0.25, 0.3) is 0 Å². The van der Waals surface area contributed by atoms with Crippen molar-refractivity contribution in [1.82, 2.24) is 4.57 Å². The van der Waals surface area contributed by atoms with Crippen LogP contribution in [0.2, 0.25) is 0 Å². The average Bonchev–Trinajstić information content (AvgIpc) is 2.92. The van der Waals surface area contributed by atoms with Crippen molar-refractivity contribution in [2.45, 2.75) is 46.6 Å². The lowest BCUT2D eigenvalue weighted by Crippen LogP contribution is -2.14. The number of nitrogens with zero attached hydrogens (tertiary/aromatic N) is 2. The molecule has 1 aromatic carbocycles. The predicted molar refractivity (Wildman–Crippen MR) is 90.0 cm³/mol. The quantitative estimate of drug-likeness (QED) is 0.438. The largest absolute Gasteiger partial charge is 0.342 e. The molecule has 0 atom stereocenters. The number of aromatic nitrogens is 1. The fourth-order valence-corrected chi connectivity index (χ4v) is 2.87. The second-order valence-corrected chi connectivity index (χ2v) is 5.50. The van der Waals surface area contributed by atoms with Crippen LogP contribution in [0.3, 0.4) is 0 Å². The molecule has 0 amide bonds. The maximum absolute atomic E-state index is 13.0. The number of non-ortho nitro benzene ring substituents is 1. The number of nitro groups is 1. The first-order chi connectivity index (χ1) is 11.0. The molecule has 5 nitrogen and oxygen atoms in total. The van der Waals surface area contributed by atoms with Crippen molar-refractivity contribution in [3.05, 3.63) is 63.0 Å². The summed E-state index contributed by atoms with van der Waals surface area (Å²) in [5, 5.41) is 10.9. The first-order valence-corrected chi connectivity index (χ1v) is 8.03. The van der Waals surface area contributed by atoms with E-state index in [0.29, 0.717) is 11.3 Å². The molecule has 2 rings (SSSR count). The third kappa shape index (κ3) is 3.33. The fraction of sp³-hybridized carbons (Fsp3) is 0.389. The smallest absolute Gasteiger partial charge is 0.270 e. The number of rotatable bonds is 7. The summed E-state index contributed by atoms with van der Waals surface area (Å²) >= 11 is 0. The molecule has 122 valence electrons. The molecule has 0 saturated heterocycles. The first kappa shape index (κ1) is 16.9. The van der Waals surface area contributed by atoms with E-state index in [1.54, 1.807) is 12.1 Å². The van der Waals surface area contributed by atoms with Gasteiger partial charge >= 0.3 is 0 Å². The summed E-state index contributed by atoms with van der Waals surface area (Å²) in [5.41, 5.74) is 3.13. The molecule has 0 fully saturated rings. The molecule has 5 heteroatoms. The summed E-state index contributed by atoms with van der Waals surface area (Å²) in [6, 6.07) is 8.05. The zero-order valence-electron chi connectivity index (χ0n) is 13.8. The molecular formula is C18H22N2O3. The van der Waals surface area contributed by atoms with Crippen LogP contribution in [0.1, 0.15) is 54.5 Å². The summed E-state index contributed by atoms with van der Waals surface area (Å²) in [6.07, 6.45) is 2.55. The Morgan fingerprint density at radius 2 is 1.91 bits per heavy atom. The number of hydrogen-bond donors (Lipinski definition) is 0. The summed E-state index contributed by atoms with van der Waals surface area (Å²) in [5.74, 6) is -0.140. The summed E-state index contributed by atoms with van der Waals surface area (Å²) in [4.78, 5) is 23.5. The van der Waals surface area contributed by atoms with Crippen LogP contribution in [-0.2, 0) is 19.4 Å². The minimum absolute atomic E-state index is 0.0572. The maximum Gasteiger partial charge on any atom is 0.270 e. The number of aryl methyl sites for hydroxylation is 2. The lowest BCUT2D eigenvalue weighted by molar-refractivity contribution is -0.384. The summed E-state index contributed by atoms with van der Waals surface area (Å²) in [6.45, 7) is 6.95. The molecule has 0 spiro atoms. The number of hydrogen-bond acceptors (Lipinski definition) is 3. The predicted octanol–water partition coefficient (Wildman–Crippen LogP) is 4.16. The van der Waals surface area contributed by atoms with Crippen LogP contribution in [0, 0.1) is 10.1 Å². The van der Waals surface area contributed by atoms with Crippen LogP contribution >= 0.6 is 0 Å². The fourth-order valence-electron chi connectivity index (χ4n) is 2.87. The van der Waals surface area contributed by atoms with Crippen LogP contribution in [-0.4, -0.2) is 15.3 Å². The van der Waals surface area contributed by atoms with Gasteiger partial charge < -0.3 is 4.57 Å². The van der Waals surface area contributed by atoms with Gasteiger partial charge in [0, 0.05) is 29.9 Å². The van der Waals surface area contributed by atoms with Crippen molar-refractivity contribution in [3.8, 4) is 0 Å². The number of carbonyl (C=O) groups is 1. The minimum atomic E-state index is -0.472. The summed E-state index contributed by atoms with van der Waals surface area (Å²) in [7, 11) is 0. The van der Waals surface area contributed by atoms with Gasteiger partial charge in [0.25, 0.3) is 5.69 Å². The van der Waals surface area contributed by atoms with Crippen LogP contribution < -0.4 is 0 Å². The zero-order chi connectivity index (χ0) is 17.0. The van der Waals surface area contributed by atoms with Gasteiger partial charge in [0.1, 0.15) is 0 Å². The summed E-state index contributed by atoms with van der Waals surface area (Å²) < 4.78 is 2.07. The second kappa shape index (κ2) is 7.22. The first-order valence-electron chi connectivity index (χ1n) is 8.03. The highest BCUT2D eigenvalue weighted by Gasteiger charge is 2.22. The van der Waals surface area contributed by atoms with E-state index in [9.17, 15) is 14.9 Å². The Kier molecular flexibility index (Phi) is 5.32. The normalized spacial score (nSPS) is 10.7. The van der Waals surface area contributed by atoms with E-state index in [-0.39, 0.29) is 11.5 Å². The molecule has 2 aromatic rings. The molecule has 0 unspecified atom stereocenters. The highest BCUT2D eigenvalue weighted by molar-refractivity contribution is 6.09. The monoisotopic (exact) mass is 314 g/mol. The Morgan fingerprint density at radius 3 is 2.48 bits per heavy atom. The highest BCUT2D eigenvalue weighted by atomic mass is 16.6. The second-order valence-electron chi connectivity index (χ2n) is 5.50. The van der Waals surface area contributed by atoms with Gasteiger partial charge in [-0.05, 0) is 30.9 Å². The Morgan fingerprint density at radius 1 is 1.17 bits per heavy atom. The van der Waals surface area contributed by atoms with Crippen molar-refractivity contribution < 1.29 is 9.72 Å². The molecule has 0 radical (unpaired) electrons. The Bertz CT molecular complexity index is 732. The third-order valence-corrected chi connectivity index (χ3v) is 3.99. The minimum Gasteiger partial charge on any atom is -0.342 e. The molecule has 1 heterocycles. The van der Waals surface area contributed by atoms with Gasteiger partial charge in [-0.25, -0.2) is 0 Å². The van der Waals surface area contributed by atoms with Crippen molar-refractivity contribution in [3.63, 3.8) is 0 Å². The molecule has 0 aliphatic rings. The number of carbonyl (C=O) groups excluding carboxylic acids is 1. The van der Waals surface area contributed by atoms with E-state index in [4.69, 9.17) is 0 Å². The molecule has 0 saturated carbocycles. The maximum atomic E-state index is 13.0. The number of ketones is 1. The van der Waals surface area contributed by atoms with Crippen molar-refractivity contribution in [1.29, 1.82) is 0 Å². The molecule has 0 bridgehead atoms. The Balaban J connectivity index is 2.55. The van der Waals surface area contributed by atoms with E-state index in [0.717, 1.165) is 37.1 Å². The number of nitro benzene ring substituents is 1. The number of benzene rings is 1. The standard InChI is InChI=1S/C18H22N2O3/c1-4-10-19-15(6-3)11-13(5-2)17(19)18(21)14-8-7-9-16(12-14)20(22)23/h7-9,11-12H,4-6,10H2,1-3H3. The van der Waals surface area contributed by atoms with Gasteiger partial charge in [0.05, 0.1) is 10.6 Å². The van der Waals surface area contributed by atoms with Crippen molar-refractivity contribution >= 4 is 11.5 Å². The molecule has 0 aliphatic carbocycles. The van der Waals surface area contributed by atoms with Crippen molar-refractivity contribution in [2.75, 3.05) is 0 Å². The van der Waals surface area contributed by atoms with Crippen LogP contribution in [0.4, 0.5) is 5.69 Å². The Labute approximate surface area is 136 Å². The Hall–Kier alpha value is -2.43. The molecule has 0 aliphatic heterocycles. The molecule has 1 aromatic heterocycles. The van der Waals surface area contributed by atoms with Gasteiger partial charge in [0.2, 0.25) is 5.78 Å². The average molecular weight is 314 g/mol. The lowest BCUT2D eigenvalue weighted by atomic mass is 10.0. The molecule has 0 N–H and O–H groups in total. The third-order valence-electron chi connectivity index (χ3n) is 3.99. The van der Waals surface area contributed by atoms with Gasteiger partial charge in [-0.1, -0.05) is 32.9 Å². The molecular weight excluding hydrogens is 292 g/mol. The van der Waals surface area contributed by atoms with E-state index in [1.165, 1.54) is 12.1 Å². The van der Waals surface area contributed by atoms with Gasteiger partial charge in [-0.15, -0.1) is 0 Å². The van der Waals surface area contributed by atoms with Crippen molar-refractivity contribution in [2.24, 2.45) is 0 Å². The van der Waals surface area contributed by atoms with E-state index in [2.05, 4.69) is 24.5 Å². The van der Waals surface area contributed by atoms with Gasteiger partial charge in [-0.2, -0.15) is 0 Å². The van der Waals surface area contributed by atoms with Gasteiger partial charge in [-0.3, -0.25) is 14.9 Å². The lowest BCUT2D eigenvalue weighted by Gasteiger charge is -2.12. The van der Waals surface area contributed by atoms with Gasteiger partial charge in [0.15, 0.2) is 0 Å². The zero-order valence-corrected chi connectivity index (χ0v) is 13.8. The van der Waals surface area contributed by atoms with E-state index < -0.39 is 4.92 Å². The van der Waals surface area contributed by atoms with Crippen LogP contribution in [0.15, 0.2) is 30.3 Å². The highest BCUT2D eigenvalue weighted by Crippen LogP contribution is 2.23. The van der Waals surface area contributed by atoms with E-state index in [1.807, 2.05) is 6.92 Å². The topological polar surface area (TPSA) is 65.1 Å².